The Morgan fingerprint density at radius 2 is 2.05 bits per heavy atom. The Labute approximate surface area is 113 Å². The molecule has 5 nitrogen and oxygen atoms in total. The second-order valence-electron chi connectivity index (χ2n) is 4.76. The van der Waals surface area contributed by atoms with Crippen LogP contribution in [0.1, 0.15) is 19.4 Å². The van der Waals surface area contributed by atoms with E-state index in [4.69, 9.17) is 10.5 Å². The van der Waals surface area contributed by atoms with Crippen molar-refractivity contribution in [2.24, 2.45) is 5.73 Å². The molecule has 0 amide bonds. The number of nitrogens with one attached hydrogen (secondary N) is 1. The Balaban J connectivity index is 3.00. The van der Waals surface area contributed by atoms with Crippen molar-refractivity contribution in [1.82, 2.24) is 4.72 Å². The van der Waals surface area contributed by atoms with Crippen LogP contribution in [0.25, 0.3) is 0 Å². The molecular formula is C12H19FN2O3S. The second kappa shape index (κ2) is 5.96. The molecule has 7 heteroatoms. The number of hydrogen-bond acceptors (Lipinski definition) is 4. The van der Waals surface area contributed by atoms with E-state index in [1.807, 2.05) is 0 Å². The third-order valence-electron chi connectivity index (χ3n) is 2.76. The van der Waals surface area contributed by atoms with E-state index < -0.39 is 26.3 Å². The van der Waals surface area contributed by atoms with Crippen LogP contribution in [0.15, 0.2) is 23.1 Å². The maximum absolute atomic E-state index is 13.6. The van der Waals surface area contributed by atoms with Gasteiger partial charge in [-0.3, -0.25) is 0 Å². The SMILES string of the molecule is COC(C)(C)CNS(=O)(=O)c1cc(CN)ccc1F. The van der Waals surface area contributed by atoms with Crippen molar-refractivity contribution in [3.63, 3.8) is 0 Å². The van der Waals surface area contributed by atoms with Gasteiger partial charge in [-0.2, -0.15) is 0 Å². The van der Waals surface area contributed by atoms with Gasteiger partial charge in [-0.05, 0) is 31.5 Å². The summed E-state index contributed by atoms with van der Waals surface area (Å²) >= 11 is 0. The predicted octanol–water partition coefficient (Wildman–Crippen LogP) is 0.988. The maximum atomic E-state index is 13.6. The summed E-state index contributed by atoms with van der Waals surface area (Å²) in [7, 11) is -2.45. The normalized spacial score (nSPS) is 12.7. The summed E-state index contributed by atoms with van der Waals surface area (Å²) in [6.07, 6.45) is 0. The van der Waals surface area contributed by atoms with Crippen molar-refractivity contribution in [3.05, 3.63) is 29.6 Å². The molecule has 1 aromatic carbocycles. The molecular weight excluding hydrogens is 271 g/mol. The highest BCUT2D eigenvalue weighted by Gasteiger charge is 2.24. The molecule has 19 heavy (non-hydrogen) atoms. The Morgan fingerprint density at radius 1 is 1.42 bits per heavy atom. The fraction of sp³-hybridized carbons (Fsp3) is 0.500. The van der Waals surface area contributed by atoms with Crippen LogP contribution in [0.3, 0.4) is 0 Å². The summed E-state index contributed by atoms with van der Waals surface area (Å²) in [6.45, 7) is 3.63. The van der Waals surface area contributed by atoms with Crippen LogP contribution in [0, 0.1) is 5.82 Å². The fourth-order valence-corrected chi connectivity index (χ4v) is 2.62. The summed E-state index contributed by atoms with van der Waals surface area (Å²) in [4.78, 5) is -0.401. The van der Waals surface area contributed by atoms with Gasteiger partial charge in [0.1, 0.15) is 10.7 Å². The minimum Gasteiger partial charge on any atom is -0.377 e. The molecule has 1 aromatic rings. The molecule has 108 valence electrons. The maximum Gasteiger partial charge on any atom is 0.243 e. The highest BCUT2D eigenvalue weighted by Crippen LogP contribution is 2.17. The van der Waals surface area contributed by atoms with Gasteiger partial charge in [-0.25, -0.2) is 17.5 Å². The summed E-state index contributed by atoms with van der Waals surface area (Å²) in [5.74, 6) is -0.806. The lowest BCUT2D eigenvalue weighted by Gasteiger charge is -2.23. The van der Waals surface area contributed by atoms with E-state index >= 15 is 0 Å². The smallest absolute Gasteiger partial charge is 0.243 e. The van der Waals surface area contributed by atoms with E-state index in [0.29, 0.717) is 5.56 Å². The summed E-state index contributed by atoms with van der Waals surface area (Å²) in [6, 6.07) is 3.78. The van der Waals surface area contributed by atoms with Crippen LogP contribution in [0.4, 0.5) is 4.39 Å². The first-order valence-corrected chi connectivity index (χ1v) is 7.23. The van der Waals surface area contributed by atoms with Gasteiger partial charge in [-0.15, -0.1) is 0 Å². The Kier molecular flexibility index (Phi) is 5.03. The number of hydrogen-bond donors (Lipinski definition) is 2. The van der Waals surface area contributed by atoms with Crippen molar-refractivity contribution in [2.45, 2.75) is 30.9 Å². The minimum absolute atomic E-state index is 0.0398. The fourth-order valence-electron chi connectivity index (χ4n) is 1.30. The quantitative estimate of drug-likeness (QED) is 0.818. The van der Waals surface area contributed by atoms with Crippen LogP contribution in [-0.2, 0) is 21.3 Å². The predicted molar refractivity (Wildman–Crippen MR) is 70.6 cm³/mol. The van der Waals surface area contributed by atoms with Crippen LogP contribution in [-0.4, -0.2) is 27.7 Å². The highest BCUT2D eigenvalue weighted by molar-refractivity contribution is 7.89. The molecule has 0 bridgehead atoms. The Hall–Kier alpha value is -1.02. The van der Waals surface area contributed by atoms with Gasteiger partial charge in [0.15, 0.2) is 0 Å². The molecule has 0 aromatic heterocycles. The van der Waals surface area contributed by atoms with Gasteiger partial charge in [0.05, 0.1) is 5.60 Å². The van der Waals surface area contributed by atoms with Gasteiger partial charge in [0, 0.05) is 20.2 Å². The van der Waals surface area contributed by atoms with Crippen molar-refractivity contribution in [1.29, 1.82) is 0 Å². The number of nitrogens with two attached hydrogens (primary N) is 1. The van der Waals surface area contributed by atoms with Crippen LogP contribution < -0.4 is 10.5 Å². The lowest BCUT2D eigenvalue weighted by molar-refractivity contribution is 0.0276. The number of sulfonamides is 1. The van der Waals surface area contributed by atoms with Crippen molar-refractivity contribution < 1.29 is 17.5 Å². The first-order valence-electron chi connectivity index (χ1n) is 5.75. The zero-order chi connectivity index (χ0) is 14.7. The minimum atomic E-state index is -3.93. The summed E-state index contributed by atoms with van der Waals surface area (Å²) in [5.41, 5.74) is 5.30. The first-order chi connectivity index (χ1) is 8.72. The number of ether oxygens (including phenoxy) is 1. The van der Waals surface area contributed by atoms with Crippen LogP contribution >= 0.6 is 0 Å². The molecule has 0 saturated carbocycles. The molecule has 0 aliphatic rings. The van der Waals surface area contributed by atoms with Crippen LogP contribution in [0.5, 0.6) is 0 Å². The highest BCUT2D eigenvalue weighted by atomic mass is 32.2. The molecule has 1 rings (SSSR count). The molecule has 3 N–H and O–H groups in total. The second-order valence-corrected chi connectivity index (χ2v) is 6.49. The molecule has 0 heterocycles. The molecule has 0 aliphatic heterocycles. The Morgan fingerprint density at radius 3 is 2.58 bits per heavy atom. The van der Waals surface area contributed by atoms with E-state index in [0.717, 1.165) is 6.07 Å². The first kappa shape index (κ1) is 16.0. The van der Waals surface area contributed by atoms with Gasteiger partial charge in [0.25, 0.3) is 0 Å². The molecule has 0 atom stereocenters. The van der Waals surface area contributed by atoms with E-state index in [2.05, 4.69) is 4.72 Å². The topological polar surface area (TPSA) is 81.4 Å². The van der Waals surface area contributed by atoms with E-state index in [9.17, 15) is 12.8 Å². The third kappa shape index (κ3) is 4.24. The van der Waals surface area contributed by atoms with Crippen molar-refractivity contribution in [3.8, 4) is 0 Å². The Bertz CT molecular complexity index is 544. The van der Waals surface area contributed by atoms with Crippen molar-refractivity contribution >= 4 is 10.0 Å². The average molecular weight is 290 g/mol. The standard InChI is InChI=1S/C12H19FN2O3S/c1-12(2,18-3)8-15-19(16,17)11-6-9(7-14)4-5-10(11)13/h4-6,15H,7-8,14H2,1-3H3. The van der Waals surface area contributed by atoms with E-state index in [-0.39, 0.29) is 13.1 Å². The summed E-state index contributed by atoms with van der Waals surface area (Å²) in [5, 5.41) is 0. The lowest BCUT2D eigenvalue weighted by atomic mass is 10.1. The number of benzene rings is 1. The number of halogens is 1. The summed E-state index contributed by atoms with van der Waals surface area (Å²) < 4.78 is 45.1. The zero-order valence-corrected chi connectivity index (χ0v) is 12.1. The van der Waals surface area contributed by atoms with Gasteiger partial charge < -0.3 is 10.5 Å². The van der Waals surface area contributed by atoms with Gasteiger partial charge >= 0.3 is 0 Å². The number of rotatable bonds is 6. The van der Waals surface area contributed by atoms with Gasteiger partial charge in [0.2, 0.25) is 10.0 Å². The molecule has 0 unspecified atom stereocenters. The van der Waals surface area contributed by atoms with Crippen LogP contribution in [0.2, 0.25) is 0 Å². The lowest BCUT2D eigenvalue weighted by Crippen LogP contribution is -2.39. The molecule has 0 spiro atoms. The zero-order valence-electron chi connectivity index (χ0n) is 11.2. The molecule has 0 aliphatic carbocycles. The average Bonchev–Trinajstić information content (AvgIpc) is 2.37. The molecule has 0 fully saturated rings. The van der Waals surface area contributed by atoms with E-state index in [1.54, 1.807) is 13.8 Å². The molecule has 0 saturated heterocycles. The largest absolute Gasteiger partial charge is 0.377 e. The number of methoxy groups -OCH3 is 1. The third-order valence-corrected chi connectivity index (χ3v) is 4.18. The van der Waals surface area contributed by atoms with Gasteiger partial charge in [-0.1, -0.05) is 6.07 Å². The van der Waals surface area contributed by atoms with E-state index in [1.165, 1.54) is 19.2 Å². The monoisotopic (exact) mass is 290 g/mol. The van der Waals surface area contributed by atoms with Crippen molar-refractivity contribution in [2.75, 3.05) is 13.7 Å². The molecule has 0 radical (unpaired) electrons.